The Kier molecular flexibility index (Phi) is 2.14. The van der Waals surface area contributed by atoms with E-state index < -0.39 is 0 Å². The number of hydrogen-bond acceptors (Lipinski definition) is 0. The van der Waals surface area contributed by atoms with Crippen LogP contribution in [0.2, 0.25) is 5.02 Å². The lowest BCUT2D eigenvalue weighted by atomic mass is 9.97. The summed E-state index contributed by atoms with van der Waals surface area (Å²) < 4.78 is 1.06. The van der Waals surface area contributed by atoms with E-state index in [1.807, 2.05) is 18.2 Å². The SMILES string of the molecule is C#CC1(c2cc(Cl)ccc2Br)CC1. The van der Waals surface area contributed by atoms with Gasteiger partial charge in [0, 0.05) is 9.50 Å². The molecule has 1 aliphatic carbocycles. The van der Waals surface area contributed by atoms with Crippen molar-refractivity contribution < 1.29 is 0 Å². The van der Waals surface area contributed by atoms with Crippen molar-refractivity contribution in [2.75, 3.05) is 0 Å². The van der Waals surface area contributed by atoms with Crippen LogP contribution in [0.1, 0.15) is 18.4 Å². The Morgan fingerprint density at radius 2 is 2.15 bits per heavy atom. The summed E-state index contributed by atoms with van der Waals surface area (Å²) in [5.74, 6) is 2.85. The number of halogens is 2. The molecule has 0 radical (unpaired) electrons. The smallest absolute Gasteiger partial charge is 0.0573 e. The van der Waals surface area contributed by atoms with Crippen LogP contribution >= 0.6 is 27.5 Å². The van der Waals surface area contributed by atoms with Gasteiger partial charge in [-0.05, 0) is 36.6 Å². The largest absolute Gasteiger partial charge is 0.119 e. The molecule has 13 heavy (non-hydrogen) atoms. The van der Waals surface area contributed by atoms with Crippen LogP contribution in [0.15, 0.2) is 22.7 Å². The minimum atomic E-state index is -0.0380. The van der Waals surface area contributed by atoms with E-state index in [9.17, 15) is 0 Å². The van der Waals surface area contributed by atoms with Gasteiger partial charge in [0.2, 0.25) is 0 Å². The molecule has 1 saturated carbocycles. The predicted molar refractivity (Wildman–Crippen MR) is 58.9 cm³/mol. The fourth-order valence-corrected chi connectivity index (χ4v) is 2.28. The molecule has 2 heteroatoms. The second-order valence-corrected chi connectivity index (χ2v) is 4.64. The molecule has 2 rings (SSSR count). The van der Waals surface area contributed by atoms with Crippen molar-refractivity contribution in [3.8, 4) is 12.3 Å². The summed E-state index contributed by atoms with van der Waals surface area (Å²) in [6.07, 6.45) is 7.65. The van der Waals surface area contributed by atoms with Crippen molar-refractivity contribution in [2.24, 2.45) is 0 Å². The quantitative estimate of drug-likeness (QED) is 0.670. The van der Waals surface area contributed by atoms with Crippen LogP contribution < -0.4 is 0 Å². The molecular formula is C11H8BrCl. The monoisotopic (exact) mass is 254 g/mol. The van der Waals surface area contributed by atoms with Crippen LogP contribution in [0.25, 0.3) is 0 Å². The molecule has 1 aromatic rings. The van der Waals surface area contributed by atoms with Crippen LogP contribution in [0, 0.1) is 12.3 Å². The third kappa shape index (κ3) is 1.49. The standard InChI is InChI=1S/C11H8BrCl/c1-2-11(5-6-11)9-7-8(13)3-4-10(9)12/h1,3-4,7H,5-6H2. The van der Waals surface area contributed by atoms with Gasteiger partial charge < -0.3 is 0 Å². The maximum absolute atomic E-state index is 5.92. The minimum Gasteiger partial charge on any atom is -0.119 e. The first kappa shape index (κ1) is 9.12. The predicted octanol–water partition coefficient (Wildman–Crippen LogP) is 3.77. The lowest BCUT2D eigenvalue weighted by molar-refractivity contribution is 0.923. The van der Waals surface area contributed by atoms with E-state index >= 15 is 0 Å². The molecule has 66 valence electrons. The normalized spacial score (nSPS) is 17.9. The molecule has 0 saturated heterocycles. The molecule has 0 heterocycles. The average molecular weight is 256 g/mol. The van der Waals surface area contributed by atoms with E-state index in [-0.39, 0.29) is 5.41 Å². The highest BCUT2D eigenvalue weighted by Gasteiger charge is 2.43. The number of rotatable bonds is 1. The number of hydrogen-bond donors (Lipinski definition) is 0. The van der Waals surface area contributed by atoms with Crippen molar-refractivity contribution in [1.29, 1.82) is 0 Å². The Morgan fingerprint density at radius 3 is 2.69 bits per heavy atom. The summed E-state index contributed by atoms with van der Waals surface area (Å²) >= 11 is 9.41. The Bertz CT molecular complexity index is 386. The molecule has 1 aliphatic rings. The fraction of sp³-hybridized carbons (Fsp3) is 0.273. The number of benzene rings is 1. The van der Waals surface area contributed by atoms with Crippen LogP contribution in [0.4, 0.5) is 0 Å². The Labute approximate surface area is 91.4 Å². The van der Waals surface area contributed by atoms with Gasteiger partial charge in [-0.2, -0.15) is 0 Å². The van der Waals surface area contributed by atoms with E-state index in [1.54, 1.807) is 0 Å². The Balaban J connectivity index is 2.52. The minimum absolute atomic E-state index is 0.0380. The summed E-state index contributed by atoms with van der Waals surface area (Å²) in [6.45, 7) is 0. The van der Waals surface area contributed by atoms with Crippen LogP contribution in [-0.2, 0) is 5.41 Å². The van der Waals surface area contributed by atoms with E-state index in [0.717, 1.165) is 27.9 Å². The zero-order valence-electron chi connectivity index (χ0n) is 6.98. The zero-order chi connectivity index (χ0) is 9.47. The molecule has 0 nitrogen and oxygen atoms in total. The summed E-state index contributed by atoms with van der Waals surface area (Å²) in [7, 11) is 0. The van der Waals surface area contributed by atoms with Gasteiger partial charge in [0.05, 0.1) is 5.41 Å². The molecule has 0 unspecified atom stereocenters. The van der Waals surface area contributed by atoms with Gasteiger partial charge in [0.15, 0.2) is 0 Å². The van der Waals surface area contributed by atoms with Gasteiger partial charge in [-0.25, -0.2) is 0 Å². The lowest BCUT2D eigenvalue weighted by Crippen LogP contribution is -2.03. The van der Waals surface area contributed by atoms with Crippen molar-refractivity contribution in [1.82, 2.24) is 0 Å². The van der Waals surface area contributed by atoms with Gasteiger partial charge in [-0.15, -0.1) is 6.42 Å². The summed E-state index contributed by atoms with van der Waals surface area (Å²) in [5.41, 5.74) is 1.12. The molecule has 0 bridgehead atoms. The molecule has 0 aliphatic heterocycles. The molecule has 0 N–H and O–H groups in total. The first-order valence-corrected chi connectivity index (χ1v) is 5.28. The first-order chi connectivity index (χ1) is 6.18. The average Bonchev–Trinajstić information content (AvgIpc) is 2.90. The van der Waals surface area contributed by atoms with Gasteiger partial charge in [0.1, 0.15) is 0 Å². The third-order valence-electron chi connectivity index (χ3n) is 2.47. The highest BCUT2D eigenvalue weighted by Crippen LogP contribution is 2.50. The number of terminal acetylenes is 1. The van der Waals surface area contributed by atoms with Gasteiger partial charge in [-0.1, -0.05) is 33.5 Å². The van der Waals surface area contributed by atoms with Crippen LogP contribution in [0.5, 0.6) is 0 Å². The van der Waals surface area contributed by atoms with Crippen LogP contribution in [-0.4, -0.2) is 0 Å². The van der Waals surface area contributed by atoms with E-state index in [2.05, 4.69) is 21.9 Å². The maximum atomic E-state index is 5.92. The van der Waals surface area contributed by atoms with E-state index in [4.69, 9.17) is 18.0 Å². The lowest BCUT2D eigenvalue weighted by Gasteiger charge is -2.10. The van der Waals surface area contributed by atoms with Crippen LogP contribution in [0.3, 0.4) is 0 Å². The highest BCUT2D eigenvalue weighted by atomic mass is 79.9. The van der Waals surface area contributed by atoms with Gasteiger partial charge in [0.25, 0.3) is 0 Å². The van der Waals surface area contributed by atoms with Crippen molar-refractivity contribution in [2.45, 2.75) is 18.3 Å². The second kappa shape index (κ2) is 3.04. The fourth-order valence-electron chi connectivity index (χ4n) is 1.48. The maximum Gasteiger partial charge on any atom is 0.0573 e. The van der Waals surface area contributed by atoms with E-state index in [0.29, 0.717) is 0 Å². The van der Waals surface area contributed by atoms with Gasteiger partial charge >= 0.3 is 0 Å². The topological polar surface area (TPSA) is 0 Å². The van der Waals surface area contributed by atoms with Crippen molar-refractivity contribution in [3.63, 3.8) is 0 Å². The third-order valence-corrected chi connectivity index (χ3v) is 3.40. The first-order valence-electron chi connectivity index (χ1n) is 4.11. The Morgan fingerprint density at radius 1 is 1.46 bits per heavy atom. The second-order valence-electron chi connectivity index (χ2n) is 3.35. The molecule has 0 atom stereocenters. The summed E-state index contributed by atoms with van der Waals surface area (Å²) in [4.78, 5) is 0. The van der Waals surface area contributed by atoms with Crippen molar-refractivity contribution in [3.05, 3.63) is 33.3 Å². The molecule has 0 amide bonds. The molecule has 1 aromatic carbocycles. The zero-order valence-corrected chi connectivity index (χ0v) is 9.32. The van der Waals surface area contributed by atoms with E-state index in [1.165, 1.54) is 0 Å². The molecule has 0 spiro atoms. The highest BCUT2D eigenvalue weighted by molar-refractivity contribution is 9.10. The van der Waals surface area contributed by atoms with Crippen molar-refractivity contribution >= 4 is 27.5 Å². The summed E-state index contributed by atoms with van der Waals surface area (Å²) in [6, 6.07) is 5.77. The van der Waals surface area contributed by atoms with Gasteiger partial charge in [-0.3, -0.25) is 0 Å². The Hall–Kier alpha value is -0.450. The molecule has 0 aromatic heterocycles. The molecule has 1 fully saturated rings. The summed E-state index contributed by atoms with van der Waals surface area (Å²) in [5, 5.41) is 0.750. The molecular weight excluding hydrogens is 247 g/mol.